The average molecular weight is 290 g/mol. The summed E-state index contributed by atoms with van der Waals surface area (Å²) in [5, 5.41) is 3.20. The zero-order chi connectivity index (χ0) is 15.4. The van der Waals surface area contributed by atoms with Crippen LogP contribution in [0, 0.1) is 0 Å². The van der Waals surface area contributed by atoms with Gasteiger partial charge in [-0.05, 0) is 37.2 Å². The second-order valence-corrected chi connectivity index (χ2v) is 5.49. The molecule has 0 spiro atoms. The van der Waals surface area contributed by atoms with Gasteiger partial charge in [-0.25, -0.2) is 0 Å². The molecule has 1 aliphatic rings. The summed E-state index contributed by atoms with van der Waals surface area (Å²) in [6.45, 7) is 1.52. The van der Waals surface area contributed by atoms with Gasteiger partial charge in [0.2, 0.25) is 5.91 Å². The van der Waals surface area contributed by atoms with E-state index < -0.39 is 5.91 Å². The lowest BCUT2D eigenvalue weighted by Gasteiger charge is -2.27. The lowest BCUT2D eigenvalue weighted by Crippen LogP contribution is -2.46. The molecule has 1 atom stereocenters. The summed E-state index contributed by atoms with van der Waals surface area (Å²) >= 11 is 0. The smallest absolute Gasteiger partial charge is 0.254 e. The predicted octanol–water partition coefficient (Wildman–Crippen LogP) is 0.0420. The van der Waals surface area contributed by atoms with Crippen molar-refractivity contribution in [1.82, 2.24) is 10.2 Å². The number of amides is 2. The van der Waals surface area contributed by atoms with Gasteiger partial charge >= 0.3 is 0 Å². The van der Waals surface area contributed by atoms with E-state index in [-0.39, 0.29) is 18.5 Å². The predicted molar refractivity (Wildman–Crippen MR) is 82.3 cm³/mol. The highest BCUT2D eigenvalue weighted by Gasteiger charge is 2.28. The zero-order valence-electron chi connectivity index (χ0n) is 12.5. The third-order valence-electron chi connectivity index (χ3n) is 3.69. The number of anilines is 1. The van der Waals surface area contributed by atoms with Crippen molar-refractivity contribution >= 4 is 17.5 Å². The van der Waals surface area contributed by atoms with Gasteiger partial charge in [0.15, 0.2) is 0 Å². The maximum Gasteiger partial charge on any atom is 0.254 e. The number of benzene rings is 1. The number of hydrogen-bond acceptors (Lipinski definition) is 4. The largest absolute Gasteiger partial charge is 0.378 e. The van der Waals surface area contributed by atoms with Crippen molar-refractivity contribution in [2.24, 2.45) is 5.73 Å². The van der Waals surface area contributed by atoms with Crippen LogP contribution >= 0.6 is 0 Å². The number of nitrogens with one attached hydrogen (secondary N) is 1. The Balaban J connectivity index is 2.18. The minimum Gasteiger partial charge on any atom is -0.378 e. The van der Waals surface area contributed by atoms with Crippen LogP contribution in [0.15, 0.2) is 24.3 Å². The van der Waals surface area contributed by atoms with Crippen molar-refractivity contribution < 1.29 is 9.59 Å². The number of carbonyl (C=O) groups excluding carboxylic acids is 2. The molecule has 0 aromatic heterocycles. The molecule has 0 saturated carbocycles. The minimum atomic E-state index is -0.486. The summed E-state index contributed by atoms with van der Waals surface area (Å²) in [5.41, 5.74) is 6.88. The van der Waals surface area contributed by atoms with Crippen LogP contribution in [0.1, 0.15) is 16.8 Å². The van der Waals surface area contributed by atoms with E-state index in [0.717, 1.165) is 18.7 Å². The Labute approximate surface area is 124 Å². The van der Waals surface area contributed by atoms with Crippen LogP contribution in [-0.2, 0) is 4.79 Å². The van der Waals surface area contributed by atoms with Crippen molar-refractivity contribution in [1.29, 1.82) is 0 Å². The summed E-state index contributed by atoms with van der Waals surface area (Å²) in [5.74, 6) is -0.632. The molecule has 2 amide bonds. The highest BCUT2D eigenvalue weighted by atomic mass is 16.2. The van der Waals surface area contributed by atoms with Crippen molar-refractivity contribution in [3.8, 4) is 0 Å². The van der Waals surface area contributed by atoms with Gasteiger partial charge in [-0.1, -0.05) is 0 Å². The average Bonchev–Trinajstić information content (AvgIpc) is 2.98. The van der Waals surface area contributed by atoms with E-state index in [1.807, 2.05) is 31.1 Å². The number of nitrogens with zero attached hydrogens (tertiary/aromatic N) is 2. The molecule has 6 heteroatoms. The van der Waals surface area contributed by atoms with E-state index >= 15 is 0 Å². The van der Waals surface area contributed by atoms with E-state index in [4.69, 9.17) is 5.73 Å². The standard InChI is InChI=1S/C15H22N4O2/c1-18(2)12-5-3-11(4-6-12)15(21)19(10-14(16)20)13-7-8-17-9-13/h3-6,13,17H,7-10H2,1-2H3,(H2,16,20). The Morgan fingerprint density at radius 1 is 1.29 bits per heavy atom. The summed E-state index contributed by atoms with van der Waals surface area (Å²) in [7, 11) is 3.89. The molecule has 1 aromatic rings. The van der Waals surface area contributed by atoms with Gasteiger partial charge in [-0.2, -0.15) is 0 Å². The second-order valence-electron chi connectivity index (χ2n) is 5.49. The molecule has 114 valence electrons. The van der Waals surface area contributed by atoms with Gasteiger partial charge in [0, 0.05) is 37.9 Å². The van der Waals surface area contributed by atoms with Gasteiger partial charge in [-0.3, -0.25) is 9.59 Å². The molecular formula is C15H22N4O2. The maximum atomic E-state index is 12.6. The molecule has 1 aromatic carbocycles. The molecule has 1 saturated heterocycles. The Kier molecular flexibility index (Phi) is 4.80. The molecule has 0 radical (unpaired) electrons. The molecule has 2 rings (SSSR count). The molecule has 0 bridgehead atoms. The van der Waals surface area contributed by atoms with Crippen LogP contribution in [-0.4, -0.2) is 56.5 Å². The van der Waals surface area contributed by atoms with E-state index in [1.165, 1.54) is 0 Å². The fraction of sp³-hybridized carbons (Fsp3) is 0.467. The van der Waals surface area contributed by atoms with Crippen LogP contribution in [0.5, 0.6) is 0 Å². The van der Waals surface area contributed by atoms with Gasteiger partial charge in [0.1, 0.15) is 0 Å². The second kappa shape index (κ2) is 6.58. The van der Waals surface area contributed by atoms with E-state index in [1.54, 1.807) is 17.0 Å². The molecule has 1 fully saturated rings. The fourth-order valence-corrected chi connectivity index (χ4v) is 2.51. The minimum absolute atomic E-state index is 0.0264. The Morgan fingerprint density at radius 2 is 1.95 bits per heavy atom. The van der Waals surface area contributed by atoms with Crippen LogP contribution < -0.4 is 16.0 Å². The number of rotatable bonds is 5. The molecule has 1 heterocycles. The summed E-state index contributed by atoms with van der Waals surface area (Å²) in [6, 6.07) is 7.38. The number of hydrogen-bond donors (Lipinski definition) is 2. The third kappa shape index (κ3) is 3.72. The zero-order valence-corrected chi connectivity index (χ0v) is 12.5. The molecule has 0 aliphatic carbocycles. The first-order valence-electron chi connectivity index (χ1n) is 7.06. The molecular weight excluding hydrogens is 268 g/mol. The fourth-order valence-electron chi connectivity index (χ4n) is 2.51. The van der Waals surface area contributed by atoms with Crippen LogP contribution in [0.2, 0.25) is 0 Å². The molecule has 3 N–H and O–H groups in total. The summed E-state index contributed by atoms with van der Waals surface area (Å²) < 4.78 is 0. The lowest BCUT2D eigenvalue weighted by molar-refractivity contribution is -0.119. The topological polar surface area (TPSA) is 78.7 Å². The first kappa shape index (κ1) is 15.3. The Bertz CT molecular complexity index is 507. The SMILES string of the molecule is CN(C)c1ccc(C(=O)N(CC(N)=O)C2CCNC2)cc1. The first-order chi connectivity index (χ1) is 9.99. The van der Waals surface area contributed by atoms with Gasteiger partial charge < -0.3 is 20.9 Å². The highest BCUT2D eigenvalue weighted by Crippen LogP contribution is 2.17. The van der Waals surface area contributed by atoms with E-state index in [2.05, 4.69) is 5.32 Å². The summed E-state index contributed by atoms with van der Waals surface area (Å²) in [4.78, 5) is 27.4. The van der Waals surface area contributed by atoms with Gasteiger partial charge in [0.05, 0.1) is 6.54 Å². The Morgan fingerprint density at radius 3 is 2.43 bits per heavy atom. The van der Waals surface area contributed by atoms with Gasteiger partial charge in [-0.15, -0.1) is 0 Å². The maximum absolute atomic E-state index is 12.6. The van der Waals surface area contributed by atoms with Crippen molar-refractivity contribution in [2.75, 3.05) is 38.6 Å². The summed E-state index contributed by atoms with van der Waals surface area (Å²) in [6.07, 6.45) is 0.842. The normalized spacial score (nSPS) is 17.5. The number of nitrogens with two attached hydrogens (primary N) is 1. The number of carbonyl (C=O) groups is 2. The van der Waals surface area contributed by atoms with E-state index in [0.29, 0.717) is 12.1 Å². The van der Waals surface area contributed by atoms with Gasteiger partial charge in [0.25, 0.3) is 5.91 Å². The highest BCUT2D eigenvalue weighted by molar-refractivity contribution is 5.96. The van der Waals surface area contributed by atoms with E-state index in [9.17, 15) is 9.59 Å². The lowest BCUT2D eigenvalue weighted by atomic mass is 10.1. The van der Waals surface area contributed by atoms with Crippen LogP contribution in [0.25, 0.3) is 0 Å². The first-order valence-corrected chi connectivity index (χ1v) is 7.06. The number of primary amides is 1. The Hall–Kier alpha value is -2.08. The van der Waals surface area contributed by atoms with Crippen molar-refractivity contribution in [2.45, 2.75) is 12.5 Å². The van der Waals surface area contributed by atoms with Crippen LogP contribution in [0.3, 0.4) is 0 Å². The van der Waals surface area contributed by atoms with Crippen molar-refractivity contribution in [3.63, 3.8) is 0 Å². The molecule has 1 aliphatic heterocycles. The monoisotopic (exact) mass is 290 g/mol. The quantitative estimate of drug-likeness (QED) is 0.803. The van der Waals surface area contributed by atoms with Crippen molar-refractivity contribution in [3.05, 3.63) is 29.8 Å². The third-order valence-corrected chi connectivity index (χ3v) is 3.69. The van der Waals surface area contributed by atoms with Crippen LogP contribution in [0.4, 0.5) is 5.69 Å². The molecule has 21 heavy (non-hydrogen) atoms. The molecule has 1 unspecified atom stereocenters. The molecule has 6 nitrogen and oxygen atoms in total.